The number of rotatable bonds is 2. The zero-order valence-electron chi connectivity index (χ0n) is 2.97. The van der Waals surface area contributed by atoms with Gasteiger partial charge in [-0.15, -0.1) is 0 Å². The summed E-state index contributed by atoms with van der Waals surface area (Å²) in [5.74, 6) is 0. The maximum atomic E-state index is 9.60. The van der Waals surface area contributed by atoms with Gasteiger partial charge in [-0.1, -0.05) is 0 Å². The summed E-state index contributed by atoms with van der Waals surface area (Å²) in [5.41, 5.74) is 0. The molecule has 0 aromatic carbocycles. The number of hydrogen-bond acceptors (Lipinski definition) is 2. The third-order valence-corrected chi connectivity index (χ3v) is 6.03. The Labute approximate surface area is 46.7 Å². The zero-order valence-corrected chi connectivity index (χ0v) is 8.04. The van der Waals surface area contributed by atoms with Crippen LogP contribution in [0.2, 0.25) is 0 Å². The standard InChI is InChI=1S/CH2AsO2.O.Zn/c2-1(3)4;;/h2H,(H,3,4);;/q-1;;+1. The Hall–Kier alpha value is 0.452. The molecule has 0 spiro atoms. The Bertz CT molecular complexity index is 71.2. The van der Waals surface area contributed by atoms with Crippen LogP contribution in [0.25, 0.3) is 0 Å². The molecule has 6 heavy (non-hydrogen) atoms. The van der Waals surface area contributed by atoms with E-state index in [0.717, 1.165) is 0 Å². The van der Waals surface area contributed by atoms with Crippen LogP contribution < -0.4 is 0 Å². The Kier molecular flexibility index (Phi) is 3.91. The van der Waals surface area contributed by atoms with Crippen molar-refractivity contribution in [1.82, 2.24) is 0 Å². The summed E-state index contributed by atoms with van der Waals surface area (Å²) in [5, 5.41) is 7.82. The van der Waals surface area contributed by atoms with E-state index in [4.69, 9.17) is 5.11 Å². The fourth-order valence-corrected chi connectivity index (χ4v) is 1.67. The van der Waals surface area contributed by atoms with Crippen molar-refractivity contribution < 1.29 is 28.4 Å². The molecular weight excluding hydrogens is 200 g/mol. The van der Waals surface area contributed by atoms with Crippen molar-refractivity contribution in [2.75, 3.05) is 0 Å². The summed E-state index contributed by atoms with van der Waals surface area (Å²) in [6, 6.07) is 0. The molecular formula is CH2AsO3Zn. The van der Waals surface area contributed by atoms with Crippen molar-refractivity contribution in [2.45, 2.75) is 0 Å². The van der Waals surface area contributed by atoms with Gasteiger partial charge in [0.1, 0.15) is 0 Å². The first-order chi connectivity index (χ1) is 2.77. The topological polar surface area (TPSA) is 54.4 Å². The van der Waals surface area contributed by atoms with Crippen molar-refractivity contribution in [2.24, 2.45) is 0 Å². The van der Waals surface area contributed by atoms with Gasteiger partial charge in [0.25, 0.3) is 0 Å². The van der Waals surface area contributed by atoms with Crippen molar-refractivity contribution in [3.8, 4) is 0 Å². The van der Waals surface area contributed by atoms with Gasteiger partial charge in [0.15, 0.2) is 0 Å². The molecule has 0 aliphatic rings. The Morgan fingerprint density at radius 3 is 2.33 bits per heavy atom. The Morgan fingerprint density at radius 2 is 2.33 bits per heavy atom. The van der Waals surface area contributed by atoms with Crippen molar-refractivity contribution in [3.05, 3.63) is 0 Å². The Balaban J connectivity index is 3.05. The first-order valence-corrected chi connectivity index (χ1v) is 12.8. The molecule has 1 N–H and O–H groups in total. The van der Waals surface area contributed by atoms with E-state index >= 15 is 0 Å². The van der Waals surface area contributed by atoms with Crippen molar-refractivity contribution >= 4 is 18.1 Å². The fourth-order valence-electron chi connectivity index (χ4n) is 0.0617. The SMILES string of the molecule is [O]=[Zn][AsH]C(=O)O. The van der Waals surface area contributed by atoms with Gasteiger partial charge in [-0.25, -0.2) is 0 Å². The second kappa shape index (κ2) is 3.64. The van der Waals surface area contributed by atoms with E-state index in [9.17, 15) is 8.37 Å². The quantitative estimate of drug-likeness (QED) is 0.611. The van der Waals surface area contributed by atoms with Crippen LogP contribution in [0.15, 0.2) is 0 Å². The van der Waals surface area contributed by atoms with Gasteiger partial charge >= 0.3 is 46.5 Å². The molecule has 1 unspecified atom stereocenters. The molecule has 0 rings (SSSR count). The van der Waals surface area contributed by atoms with Crippen LogP contribution in [0, 0.1) is 0 Å². The number of carbonyl (C=O) groups is 1. The average molecular weight is 202 g/mol. The van der Waals surface area contributed by atoms with Gasteiger partial charge in [-0.2, -0.15) is 0 Å². The Morgan fingerprint density at radius 1 is 1.83 bits per heavy atom. The average Bonchev–Trinajstić information content (AvgIpc) is 1.35. The van der Waals surface area contributed by atoms with Crippen molar-refractivity contribution in [1.29, 1.82) is 0 Å². The molecule has 0 aliphatic carbocycles. The zero-order chi connectivity index (χ0) is 4.99. The molecule has 0 radical (unpaired) electrons. The minimum atomic E-state index is -1.70. The minimum absolute atomic E-state index is 0.815. The van der Waals surface area contributed by atoms with E-state index in [0.29, 0.717) is 0 Å². The molecule has 0 amide bonds. The van der Waals surface area contributed by atoms with Crippen LogP contribution in [-0.2, 0) is 18.5 Å². The van der Waals surface area contributed by atoms with E-state index in [2.05, 4.69) is 0 Å². The summed E-state index contributed by atoms with van der Waals surface area (Å²) in [7, 11) is 0. The van der Waals surface area contributed by atoms with Crippen LogP contribution >= 0.6 is 0 Å². The van der Waals surface area contributed by atoms with Gasteiger partial charge in [0, 0.05) is 0 Å². The molecule has 0 heterocycles. The third kappa shape index (κ3) is 4.45. The van der Waals surface area contributed by atoms with E-state index in [1.54, 1.807) is 0 Å². The second-order valence-electron chi connectivity index (χ2n) is 0.626. The first-order valence-electron chi connectivity index (χ1n) is 1.32. The van der Waals surface area contributed by atoms with E-state index in [1.165, 1.54) is 0 Å². The van der Waals surface area contributed by atoms with Crippen LogP contribution in [0.3, 0.4) is 0 Å². The van der Waals surface area contributed by atoms with Gasteiger partial charge in [-0.3, -0.25) is 0 Å². The van der Waals surface area contributed by atoms with Crippen LogP contribution in [0.5, 0.6) is 0 Å². The summed E-state index contributed by atoms with van der Waals surface area (Å²) >= 11 is -2.69. The molecule has 3 nitrogen and oxygen atoms in total. The van der Waals surface area contributed by atoms with E-state index in [-0.39, 0.29) is 0 Å². The summed E-state index contributed by atoms with van der Waals surface area (Å²) in [6.45, 7) is 0. The summed E-state index contributed by atoms with van der Waals surface area (Å²) in [4.78, 5) is 9.50. The molecule has 0 bridgehead atoms. The van der Waals surface area contributed by atoms with E-state index < -0.39 is 33.0 Å². The van der Waals surface area contributed by atoms with Gasteiger partial charge in [0.2, 0.25) is 0 Å². The predicted octanol–water partition coefficient (Wildman–Crippen LogP) is -0.556. The van der Waals surface area contributed by atoms with E-state index in [1.807, 2.05) is 0 Å². The predicted molar refractivity (Wildman–Crippen MR) is 15.9 cm³/mol. The van der Waals surface area contributed by atoms with Crippen LogP contribution in [0.1, 0.15) is 0 Å². The monoisotopic (exact) mass is 201 g/mol. The summed E-state index contributed by atoms with van der Waals surface area (Å²) < 4.78 is 8.79. The first kappa shape index (κ1) is 6.45. The van der Waals surface area contributed by atoms with Gasteiger partial charge < -0.3 is 0 Å². The molecule has 0 aliphatic heterocycles. The fraction of sp³-hybridized carbons (Fsp3) is 0. The van der Waals surface area contributed by atoms with Gasteiger partial charge in [-0.05, 0) is 0 Å². The second-order valence-corrected chi connectivity index (χ2v) is 9.87. The normalized spacial score (nSPS) is 8.67. The third-order valence-electron chi connectivity index (χ3n) is 0.223. The molecule has 0 saturated carbocycles. The van der Waals surface area contributed by atoms with Crippen LogP contribution in [-0.4, -0.2) is 23.2 Å². The molecule has 0 fully saturated rings. The molecule has 0 aromatic rings. The van der Waals surface area contributed by atoms with Crippen molar-refractivity contribution in [3.63, 3.8) is 0 Å². The molecule has 0 aromatic heterocycles. The van der Waals surface area contributed by atoms with Crippen LogP contribution in [0.4, 0.5) is 4.79 Å². The number of carboxylic acid groups (broad SMARTS) is 1. The van der Waals surface area contributed by atoms with Gasteiger partial charge in [0.05, 0.1) is 0 Å². The summed E-state index contributed by atoms with van der Waals surface area (Å²) in [6.07, 6.45) is 0. The maximum absolute atomic E-state index is 9.60. The molecule has 0 saturated heterocycles. The number of hydrogen-bond donors (Lipinski definition) is 1. The molecule has 1 atom stereocenters. The molecule has 5 heteroatoms. The molecule has 31 valence electrons.